The molecule has 2 aromatic heterocycles. The lowest BCUT2D eigenvalue weighted by atomic mass is 10.1. The van der Waals surface area contributed by atoms with Crippen LogP contribution in [-0.2, 0) is 14.2 Å². The van der Waals surface area contributed by atoms with Crippen LogP contribution in [0.5, 0.6) is 0 Å². The topological polar surface area (TPSA) is 71.3 Å². The third-order valence-electron chi connectivity index (χ3n) is 5.14. The molecule has 2 fully saturated rings. The maximum absolute atomic E-state index is 6.39. The summed E-state index contributed by atoms with van der Waals surface area (Å²) in [7, 11) is 0. The summed E-state index contributed by atoms with van der Waals surface area (Å²) in [6.45, 7) is 3.86. The minimum absolute atomic E-state index is 0.214. The Bertz CT molecular complexity index is 1050. The smallest absolute Gasteiger partial charge is 0.166 e. The van der Waals surface area contributed by atoms with Crippen molar-refractivity contribution in [2.75, 3.05) is 6.26 Å². The van der Waals surface area contributed by atoms with Crippen molar-refractivity contribution in [2.24, 2.45) is 0 Å². The first-order valence-corrected chi connectivity index (χ1v) is 10.7. The quantitative estimate of drug-likeness (QED) is 0.480. The van der Waals surface area contributed by atoms with Gasteiger partial charge in [-0.05, 0) is 25.7 Å². The van der Waals surface area contributed by atoms with Gasteiger partial charge in [-0.15, -0.1) is 11.8 Å². The highest BCUT2D eigenvalue weighted by Gasteiger charge is 2.55. The molecule has 0 radical (unpaired) electrons. The third-order valence-corrected chi connectivity index (χ3v) is 5.82. The SMILES string of the molecule is CSc1ncnc2c1ncn2[C@@H]1O[C@H](/C=C/c2ccccc2)[C@H]2OC(C)(C)O[C@H]21. The lowest BCUT2D eigenvalue weighted by Gasteiger charge is -2.24. The normalized spacial score (nSPS) is 28.4. The Morgan fingerprint density at radius 2 is 1.86 bits per heavy atom. The number of benzene rings is 1. The summed E-state index contributed by atoms with van der Waals surface area (Å²) in [5.74, 6) is -0.675. The van der Waals surface area contributed by atoms with E-state index in [4.69, 9.17) is 14.2 Å². The largest absolute Gasteiger partial charge is 0.345 e. The molecule has 8 heteroatoms. The van der Waals surface area contributed by atoms with Crippen molar-refractivity contribution < 1.29 is 14.2 Å². The van der Waals surface area contributed by atoms with Gasteiger partial charge in [0, 0.05) is 0 Å². The highest BCUT2D eigenvalue weighted by molar-refractivity contribution is 7.98. The number of rotatable bonds is 4. The molecule has 4 atom stereocenters. The van der Waals surface area contributed by atoms with E-state index >= 15 is 0 Å². The summed E-state index contributed by atoms with van der Waals surface area (Å²) in [6.07, 6.45) is 8.27. The molecule has 2 aliphatic rings. The highest BCUT2D eigenvalue weighted by Crippen LogP contribution is 2.44. The molecule has 2 saturated heterocycles. The summed E-state index contributed by atoms with van der Waals surface area (Å²) < 4.78 is 20.7. The number of ether oxygens (including phenoxy) is 3. The second-order valence-corrected chi connectivity index (χ2v) is 8.33. The number of fused-ring (bicyclic) bond motifs is 2. The molecule has 1 aromatic carbocycles. The molecule has 5 rings (SSSR count). The van der Waals surface area contributed by atoms with Gasteiger partial charge in [-0.1, -0.05) is 42.5 Å². The first-order chi connectivity index (χ1) is 14.1. The Morgan fingerprint density at radius 3 is 2.66 bits per heavy atom. The van der Waals surface area contributed by atoms with Crippen LogP contribution in [0.4, 0.5) is 0 Å². The Hall–Kier alpha value is -2.26. The van der Waals surface area contributed by atoms with Crippen LogP contribution in [0.2, 0.25) is 0 Å². The summed E-state index contributed by atoms with van der Waals surface area (Å²) >= 11 is 1.54. The molecular formula is C21H22N4O3S. The van der Waals surface area contributed by atoms with Crippen LogP contribution in [0.15, 0.2) is 54.1 Å². The molecular weight excluding hydrogens is 388 g/mol. The zero-order chi connectivity index (χ0) is 20.0. The molecule has 4 heterocycles. The number of hydrogen-bond donors (Lipinski definition) is 0. The number of imidazole rings is 1. The van der Waals surface area contributed by atoms with Crippen LogP contribution in [0, 0.1) is 0 Å². The number of nitrogens with zero attached hydrogens (tertiary/aromatic N) is 4. The molecule has 0 aliphatic carbocycles. The fraction of sp³-hybridized carbons (Fsp3) is 0.381. The third kappa shape index (κ3) is 3.36. The first-order valence-electron chi connectivity index (χ1n) is 9.51. The van der Waals surface area contributed by atoms with Crippen LogP contribution < -0.4 is 0 Å². The van der Waals surface area contributed by atoms with Crippen LogP contribution in [0.1, 0.15) is 25.6 Å². The zero-order valence-electron chi connectivity index (χ0n) is 16.4. The maximum Gasteiger partial charge on any atom is 0.166 e. The van der Waals surface area contributed by atoms with Crippen LogP contribution in [0.25, 0.3) is 17.2 Å². The van der Waals surface area contributed by atoms with Crippen molar-refractivity contribution in [2.45, 2.75) is 49.2 Å². The van der Waals surface area contributed by atoms with Gasteiger partial charge in [0.25, 0.3) is 0 Å². The summed E-state index contributed by atoms with van der Waals surface area (Å²) in [5.41, 5.74) is 2.61. The van der Waals surface area contributed by atoms with Crippen molar-refractivity contribution in [3.05, 3.63) is 54.6 Å². The van der Waals surface area contributed by atoms with Crippen molar-refractivity contribution >= 4 is 29.0 Å². The molecule has 0 unspecified atom stereocenters. The van der Waals surface area contributed by atoms with Gasteiger partial charge in [-0.2, -0.15) is 0 Å². The fourth-order valence-electron chi connectivity index (χ4n) is 3.92. The van der Waals surface area contributed by atoms with E-state index < -0.39 is 5.79 Å². The average molecular weight is 410 g/mol. The Balaban J connectivity index is 1.50. The van der Waals surface area contributed by atoms with Gasteiger partial charge in [-0.3, -0.25) is 4.57 Å². The van der Waals surface area contributed by atoms with E-state index in [1.807, 2.05) is 48.9 Å². The van der Waals surface area contributed by atoms with E-state index in [0.29, 0.717) is 0 Å². The zero-order valence-corrected chi connectivity index (χ0v) is 17.2. The van der Waals surface area contributed by atoms with E-state index in [9.17, 15) is 0 Å². The molecule has 0 spiro atoms. The van der Waals surface area contributed by atoms with Crippen LogP contribution >= 0.6 is 11.8 Å². The molecule has 150 valence electrons. The summed E-state index contributed by atoms with van der Waals surface area (Å²) in [4.78, 5) is 13.3. The number of aromatic nitrogens is 4. The van der Waals surface area contributed by atoms with Crippen molar-refractivity contribution in [3.8, 4) is 0 Å². The average Bonchev–Trinajstić information content (AvgIpc) is 3.38. The predicted octanol–water partition coefficient (Wildman–Crippen LogP) is 3.68. The molecule has 3 aromatic rings. The van der Waals surface area contributed by atoms with E-state index in [1.54, 1.807) is 24.4 Å². The van der Waals surface area contributed by atoms with Crippen molar-refractivity contribution in [1.29, 1.82) is 0 Å². The standard InChI is InChI=1S/C21H22N4O3S/c1-21(2)27-16-14(10-9-13-7-5-4-6-8-13)26-20(17(16)28-21)25-12-24-15-18(25)22-11-23-19(15)29-3/h4-12,14,16-17,20H,1-3H3/b10-9+/t14-,16-,17-,20-/m1/s1. The van der Waals surface area contributed by atoms with Gasteiger partial charge in [0.1, 0.15) is 35.2 Å². The molecule has 7 nitrogen and oxygen atoms in total. The summed E-state index contributed by atoms with van der Waals surface area (Å²) in [6, 6.07) is 10.1. The molecule has 0 amide bonds. The second-order valence-electron chi connectivity index (χ2n) is 7.53. The van der Waals surface area contributed by atoms with Gasteiger partial charge in [0.15, 0.2) is 17.7 Å². The Labute approximate surface area is 173 Å². The van der Waals surface area contributed by atoms with Gasteiger partial charge in [-0.25, -0.2) is 15.0 Å². The monoisotopic (exact) mass is 410 g/mol. The molecule has 0 bridgehead atoms. The maximum atomic E-state index is 6.39. The van der Waals surface area contributed by atoms with Gasteiger partial charge in [0.2, 0.25) is 0 Å². The lowest BCUT2D eigenvalue weighted by molar-refractivity contribution is -0.191. The van der Waals surface area contributed by atoms with Crippen molar-refractivity contribution in [1.82, 2.24) is 19.5 Å². The van der Waals surface area contributed by atoms with Crippen LogP contribution in [-0.4, -0.2) is 49.9 Å². The van der Waals surface area contributed by atoms with E-state index in [0.717, 1.165) is 21.8 Å². The first kappa shape index (κ1) is 18.7. The van der Waals surface area contributed by atoms with Crippen molar-refractivity contribution in [3.63, 3.8) is 0 Å². The van der Waals surface area contributed by atoms with Crippen LogP contribution in [0.3, 0.4) is 0 Å². The minimum atomic E-state index is -0.675. The molecule has 0 N–H and O–H groups in total. The highest BCUT2D eigenvalue weighted by atomic mass is 32.2. The predicted molar refractivity (Wildman–Crippen MR) is 110 cm³/mol. The second kappa shape index (κ2) is 7.21. The summed E-state index contributed by atoms with van der Waals surface area (Å²) in [5, 5.41) is 0.841. The van der Waals surface area contributed by atoms with Gasteiger partial charge >= 0.3 is 0 Å². The van der Waals surface area contributed by atoms with E-state index in [1.165, 1.54) is 0 Å². The molecule has 2 aliphatic heterocycles. The van der Waals surface area contributed by atoms with Gasteiger partial charge < -0.3 is 14.2 Å². The minimum Gasteiger partial charge on any atom is -0.345 e. The number of hydrogen-bond acceptors (Lipinski definition) is 7. The lowest BCUT2D eigenvalue weighted by Crippen LogP contribution is -2.28. The van der Waals surface area contributed by atoms with E-state index in [2.05, 4.69) is 33.2 Å². The van der Waals surface area contributed by atoms with Gasteiger partial charge in [0.05, 0.1) is 6.33 Å². The Morgan fingerprint density at radius 1 is 1.07 bits per heavy atom. The number of thioether (sulfide) groups is 1. The molecule has 0 saturated carbocycles. The Kier molecular flexibility index (Phi) is 4.66. The fourth-order valence-corrected chi connectivity index (χ4v) is 4.41. The van der Waals surface area contributed by atoms with E-state index in [-0.39, 0.29) is 24.5 Å². The molecule has 29 heavy (non-hydrogen) atoms.